The van der Waals surface area contributed by atoms with Crippen molar-refractivity contribution in [2.24, 2.45) is 5.92 Å². The first-order valence-corrected chi connectivity index (χ1v) is 4.99. The van der Waals surface area contributed by atoms with Crippen molar-refractivity contribution in [2.75, 3.05) is 0 Å². The lowest BCUT2D eigenvalue weighted by atomic mass is 10.2. The Hall–Kier alpha value is -1.49. The monoisotopic (exact) mass is 207 g/mol. The smallest absolute Gasteiger partial charge is 0.320 e. The van der Waals surface area contributed by atoms with E-state index < -0.39 is 12.0 Å². The third-order valence-corrected chi connectivity index (χ3v) is 2.46. The maximum absolute atomic E-state index is 10.9. The number of nitrogens with one attached hydrogen (secondary N) is 1. The Morgan fingerprint density at radius 1 is 1.53 bits per heavy atom. The molecule has 0 aliphatic heterocycles. The Morgan fingerprint density at radius 3 is 2.73 bits per heavy atom. The second-order valence-electron chi connectivity index (χ2n) is 3.70. The Kier molecular flexibility index (Phi) is 2.91. The summed E-state index contributed by atoms with van der Waals surface area (Å²) in [5, 5.41) is 11.9. The van der Waals surface area contributed by atoms with Crippen LogP contribution in [0, 0.1) is 5.92 Å². The van der Waals surface area contributed by atoms with Crippen LogP contribution in [-0.4, -0.2) is 27.1 Å². The molecule has 0 aromatic carbocycles. The van der Waals surface area contributed by atoms with E-state index in [-0.39, 0.29) is 5.92 Å². The number of carboxylic acids is 1. The SMILES string of the molecule is O=C(O)C(NCc1ncccn1)C1CC1. The molecule has 0 spiro atoms. The van der Waals surface area contributed by atoms with Gasteiger partial charge in [0.2, 0.25) is 0 Å². The van der Waals surface area contributed by atoms with Crippen LogP contribution in [-0.2, 0) is 11.3 Å². The van der Waals surface area contributed by atoms with Crippen LogP contribution in [0.1, 0.15) is 18.7 Å². The molecule has 1 fully saturated rings. The molecule has 1 aliphatic rings. The van der Waals surface area contributed by atoms with Gasteiger partial charge >= 0.3 is 5.97 Å². The standard InChI is InChI=1S/C10H13N3O2/c14-10(15)9(7-2-3-7)13-6-8-11-4-1-5-12-8/h1,4-5,7,9,13H,2-3,6H2,(H,14,15). The minimum Gasteiger partial charge on any atom is -0.480 e. The summed E-state index contributed by atoms with van der Waals surface area (Å²) < 4.78 is 0. The molecule has 80 valence electrons. The second kappa shape index (κ2) is 4.35. The van der Waals surface area contributed by atoms with Crippen LogP contribution in [0.5, 0.6) is 0 Å². The molecule has 2 N–H and O–H groups in total. The highest BCUT2D eigenvalue weighted by Crippen LogP contribution is 2.32. The van der Waals surface area contributed by atoms with Gasteiger partial charge in [-0.2, -0.15) is 0 Å². The van der Waals surface area contributed by atoms with E-state index in [0.29, 0.717) is 12.4 Å². The Balaban J connectivity index is 1.88. The van der Waals surface area contributed by atoms with Crippen LogP contribution in [0.15, 0.2) is 18.5 Å². The average Bonchev–Trinajstić information content (AvgIpc) is 3.03. The fourth-order valence-electron chi connectivity index (χ4n) is 1.51. The number of aliphatic carboxylic acids is 1. The number of nitrogens with zero attached hydrogens (tertiary/aromatic N) is 2. The van der Waals surface area contributed by atoms with Crippen molar-refractivity contribution < 1.29 is 9.90 Å². The summed E-state index contributed by atoms with van der Waals surface area (Å²) >= 11 is 0. The maximum atomic E-state index is 10.9. The van der Waals surface area contributed by atoms with Gasteiger partial charge in [-0.1, -0.05) is 0 Å². The van der Waals surface area contributed by atoms with E-state index in [1.54, 1.807) is 18.5 Å². The largest absolute Gasteiger partial charge is 0.480 e. The van der Waals surface area contributed by atoms with E-state index >= 15 is 0 Å². The zero-order chi connectivity index (χ0) is 10.7. The first kappa shape index (κ1) is 10.0. The van der Waals surface area contributed by atoms with Gasteiger partial charge in [0.25, 0.3) is 0 Å². The predicted molar refractivity (Wildman–Crippen MR) is 53.0 cm³/mol. The fraction of sp³-hybridized carbons (Fsp3) is 0.500. The van der Waals surface area contributed by atoms with Gasteiger partial charge in [0.05, 0.1) is 6.54 Å². The van der Waals surface area contributed by atoms with Crippen LogP contribution in [0.25, 0.3) is 0 Å². The molecule has 5 nitrogen and oxygen atoms in total. The fourth-order valence-corrected chi connectivity index (χ4v) is 1.51. The lowest BCUT2D eigenvalue weighted by molar-refractivity contribution is -0.140. The number of hydrogen-bond acceptors (Lipinski definition) is 4. The predicted octanol–water partition coefficient (Wildman–Crippen LogP) is 0.429. The molecule has 15 heavy (non-hydrogen) atoms. The first-order chi connectivity index (χ1) is 7.27. The first-order valence-electron chi connectivity index (χ1n) is 4.99. The second-order valence-corrected chi connectivity index (χ2v) is 3.70. The molecule has 0 saturated heterocycles. The summed E-state index contributed by atoms with van der Waals surface area (Å²) in [4.78, 5) is 18.9. The zero-order valence-corrected chi connectivity index (χ0v) is 8.26. The summed E-state index contributed by atoms with van der Waals surface area (Å²) in [6.45, 7) is 0.411. The highest BCUT2D eigenvalue weighted by Gasteiger charge is 2.35. The normalized spacial score (nSPS) is 17.3. The van der Waals surface area contributed by atoms with Crippen molar-refractivity contribution >= 4 is 5.97 Å². The lowest BCUT2D eigenvalue weighted by Crippen LogP contribution is -2.38. The number of hydrogen-bond donors (Lipinski definition) is 2. The third kappa shape index (κ3) is 2.73. The van der Waals surface area contributed by atoms with Crippen molar-refractivity contribution in [1.82, 2.24) is 15.3 Å². The van der Waals surface area contributed by atoms with Crippen LogP contribution in [0.2, 0.25) is 0 Å². The number of aromatic nitrogens is 2. The molecule has 1 unspecified atom stereocenters. The Bertz CT molecular complexity index is 338. The van der Waals surface area contributed by atoms with Gasteiger partial charge in [-0.05, 0) is 24.8 Å². The molecule has 1 aromatic rings. The minimum atomic E-state index is -0.784. The van der Waals surface area contributed by atoms with Gasteiger partial charge < -0.3 is 5.11 Å². The molecule has 2 rings (SSSR count). The number of rotatable bonds is 5. The molecule has 1 aliphatic carbocycles. The van der Waals surface area contributed by atoms with Crippen molar-refractivity contribution in [3.63, 3.8) is 0 Å². The number of carboxylic acid groups (broad SMARTS) is 1. The van der Waals surface area contributed by atoms with E-state index in [0.717, 1.165) is 12.8 Å². The Morgan fingerprint density at radius 2 is 2.20 bits per heavy atom. The van der Waals surface area contributed by atoms with Crippen molar-refractivity contribution in [3.05, 3.63) is 24.3 Å². The molecule has 1 saturated carbocycles. The van der Waals surface area contributed by atoms with Gasteiger partial charge in [-0.25, -0.2) is 9.97 Å². The summed E-state index contributed by atoms with van der Waals surface area (Å²) in [7, 11) is 0. The van der Waals surface area contributed by atoms with Crippen LogP contribution in [0.3, 0.4) is 0 Å². The topological polar surface area (TPSA) is 75.1 Å². The van der Waals surface area contributed by atoms with E-state index in [1.807, 2.05) is 0 Å². The molecule has 0 amide bonds. The van der Waals surface area contributed by atoms with E-state index in [2.05, 4.69) is 15.3 Å². The molecular formula is C10H13N3O2. The molecule has 1 atom stereocenters. The van der Waals surface area contributed by atoms with E-state index in [1.165, 1.54) is 0 Å². The molecular weight excluding hydrogens is 194 g/mol. The molecule has 1 heterocycles. The van der Waals surface area contributed by atoms with Gasteiger partial charge in [0.15, 0.2) is 0 Å². The quantitative estimate of drug-likeness (QED) is 0.732. The van der Waals surface area contributed by atoms with Crippen molar-refractivity contribution in [2.45, 2.75) is 25.4 Å². The summed E-state index contributed by atoms with van der Waals surface area (Å²) in [5.74, 6) is 0.129. The summed E-state index contributed by atoms with van der Waals surface area (Å²) in [6, 6.07) is 1.29. The molecule has 0 bridgehead atoms. The van der Waals surface area contributed by atoms with Crippen molar-refractivity contribution in [1.29, 1.82) is 0 Å². The molecule has 5 heteroatoms. The Labute approximate surface area is 87.6 Å². The van der Waals surface area contributed by atoms with Crippen LogP contribution in [0.4, 0.5) is 0 Å². The zero-order valence-electron chi connectivity index (χ0n) is 8.26. The third-order valence-electron chi connectivity index (χ3n) is 2.46. The van der Waals surface area contributed by atoms with Gasteiger partial charge in [-0.15, -0.1) is 0 Å². The highest BCUT2D eigenvalue weighted by atomic mass is 16.4. The maximum Gasteiger partial charge on any atom is 0.320 e. The number of carbonyl (C=O) groups is 1. The van der Waals surface area contributed by atoms with Gasteiger partial charge in [0.1, 0.15) is 11.9 Å². The highest BCUT2D eigenvalue weighted by molar-refractivity contribution is 5.74. The van der Waals surface area contributed by atoms with E-state index in [4.69, 9.17) is 5.11 Å². The lowest BCUT2D eigenvalue weighted by Gasteiger charge is -2.12. The molecule has 1 aromatic heterocycles. The summed E-state index contributed by atoms with van der Waals surface area (Å²) in [6.07, 6.45) is 5.30. The van der Waals surface area contributed by atoms with Gasteiger partial charge in [0, 0.05) is 12.4 Å². The summed E-state index contributed by atoms with van der Waals surface area (Å²) in [5.41, 5.74) is 0. The van der Waals surface area contributed by atoms with Gasteiger partial charge in [-0.3, -0.25) is 10.1 Å². The van der Waals surface area contributed by atoms with Crippen molar-refractivity contribution in [3.8, 4) is 0 Å². The minimum absolute atomic E-state index is 0.284. The van der Waals surface area contributed by atoms with E-state index in [9.17, 15) is 4.79 Å². The van der Waals surface area contributed by atoms with Crippen LogP contribution < -0.4 is 5.32 Å². The molecule has 0 radical (unpaired) electrons. The average molecular weight is 207 g/mol. The van der Waals surface area contributed by atoms with Crippen LogP contribution >= 0.6 is 0 Å².